The van der Waals surface area contributed by atoms with Crippen LogP contribution >= 0.6 is 11.8 Å². The second-order valence-corrected chi connectivity index (χ2v) is 7.54. The van der Waals surface area contributed by atoms with Gasteiger partial charge in [-0.05, 0) is 38.2 Å². The van der Waals surface area contributed by atoms with E-state index in [1.165, 1.54) is 18.0 Å². The second-order valence-electron chi connectivity index (χ2n) is 4.48. The minimum atomic E-state index is -3.18. The van der Waals surface area contributed by atoms with Gasteiger partial charge in [-0.2, -0.15) is 0 Å². The molecule has 0 spiro atoms. The Kier molecular flexibility index (Phi) is 5.00. The number of hydrogen-bond acceptors (Lipinski definition) is 5. The van der Waals surface area contributed by atoms with Crippen LogP contribution in [0.3, 0.4) is 0 Å². The van der Waals surface area contributed by atoms with Gasteiger partial charge in [0.2, 0.25) is 5.91 Å². The van der Waals surface area contributed by atoms with Gasteiger partial charge in [0, 0.05) is 16.9 Å². The number of hydrogen-bond donors (Lipinski definition) is 2. The first-order chi connectivity index (χ1) is 8.69. The third-order valence-corrected chi connectivity index (χ3v) is 5.33. The summed E-state index contributed by atoms with van der Waals surface area (Å²) in [6.07, 6.45) is 1.17. The van der Waals surface area contributed by atoms with Gasteiger partial charge < -0.3 is 11.1 Å². The van der Waals surface area contributed by atoms with Gasteiger partial charge in [-0.15, -0.1) is 11.8 Å². The molecule has 0 saturated carbocycles. The molecule has 0 aliphatic carbocycles. The van der Waals surface area contributed by atoms with Gasteiger partial charge in [-0.1, -0.05) is 0 Å². The maximum absolute atomic E-state index is 11.3. The van der Waals surface area contributed by atoms with E-state index in [1.54, 1.807) is 38.2 Å². The highest BCUT2D eigenvalue weighted by molar-refractivity contribution is 7.99. The largest absolute Gasteiger partial charge is 0.368 e. The van der Waals surface area contributed by atoms with Crippen LogP contribution in [0.25, 0.3) is 0 Å². The van der Waals surface area contributed by atoms with E-state index in [0.717, 1.165) is 4.90 Å². The smallest absolute Gasteiger partial charge is 0.238 e. The SMILES string of the molecule is CNC(C)(CSc1ccc(S(C)(=O)=O)cc1)C(N)=O. The minimum Gasteiger partial charge on any atom is -0.368 e. The number of likely N-dealkylation sites (N-methyl/N-ethyl adjacent to an activating group) is 1. The van der Waals surface area contributed by atoms with Crippen molar-refractivity contribution in [2.75, 3.05) is 19.1 Å². The zero-order chi connectivity index (χ0) is 14.7. The van der Waals surface area contributed by atoms with E-state index in [9.17, 15) is 13.2 Å². The fourth-order valence-corrected chi connectivity index (χ4v) is 2.98. The summed E-state index contributed by atoms with van der Waals surface area (Å²) >= 11 is 1.44. The summed E-state index contributed by atoms with van der Waals surface area (Å²) in [4.78, 5) is 12.5. The average molecular weight is 302 g/mol. The zero-order valence-corrected chi connectivity index (χ0v) is 12.8. The molecule has 1 rings (SSSR count). The predicted octanol–water partition coefficient (Wildman–Crippen LogP) is 0.646. The van der Waals surface area contributed by atoms with Crippen LogP contribution in [0.5, 0.6) is 0 Å². The van der Waals surface area contributed by atoms with Gasteiger partial charge in [0.05, 0.1) is 4.90 Å². The number of nitrogens with one attached hydrogen (secondary N) is 1. The highest BCUT2D eigenvalue weighted by atomic mass is 32.2. The van der Waals surface area contributed by atoms with Crippen molar-refractivity contribution in [2.24, 2.45) is 5.73 Å². The standard InChI is InChI=1S/C12H18N2O3S2/c1-12(14-2,11(13)15)8-18-9-4-6-10(7-5-9)19(3,16)17/h4-7,14H,8H2,1-3H3,(H2,13,15). The van der Waals surface area contributed by atoms with E-state index in [1.807, 2.05) is 0 Å². The molecular weight excluding hydrogens is 284 g/mol. The van der Waals surface area contributed by atoms with Crippen molar-refractivity contribution in [3.8, 4) is 0 Å². The van der Waals surface area contributed by atoms with E-state index >= 15 is 0 Å². The number of nitrogens with two attached hydrogens (primary N) is 1. The number of sulfone groups is 1. The van der Waals surface area contributed by atoms with Gasteiger partial charge >= 0.3 is 0 Å². The summed E-state index contributed by atoms with van der Waals surface area (Å²) in [5.74, 6) is 0.0482. The maximum Gasteiger partial charge on any atom is 0.238 e. The van der Waals surface area contributed by atoms with E-state index in [4.69, 9.17) is 5.73 Å². The Morgan fingerprint density at radius 2 is 1.89 bits per heavy atom. The summed E-state index contributed by atoms with van der Waals surface area (Å²) in [5.41, 5.74) is 4.54. The van der Waals surface area contributed by atoms with Crippen molar-refractivity contribution in [2.45, 2.75) is 22.3 Å². The summed E-state index contributed by atoms with van der Waals surface area (Å²) in [6.45, 7) is 1.73. The number of carbonyl (C=O) groups is 1. The van der Waals surface area contributed by atoms with Crippen molar-refractivity contribution < 1.29 is 13.2 Å². The third-order valence-electron chi connectivity index (χ3n) is 2.88. The molecule has 0 fully saturated rings. The Labute approximate surface area is 117 Å². The highest BCUT2D eigenvalue weighted by Gasteiger charge is 2.28. The fraction of sp³-hybridized carbons (Fsp3) is 0.417. The molecular formula is C12H18N2O3S2. The van der Waals surface area contributed by atoms with Crippen molar-refractivity contribution in [1.29, 1.82) is 0 Å². The summed E-state index contributed by atoms with van der Waals surface area (Å²) < 4.78 is 22.6. The first-order valence-electron chi connectivity index (χ1n) is 5.61. The van der Waals surface area contributed by atoms with E-state index in [2.05, 4.69) is 5.32 Å². The third kappa shape index (κ3) is 4.22. The van der Waals surface area contributed by atoms with Crippen molar-refractivity contribution >= 4 is 27.5 Å². The zero-order valence-electron chi connectivity index (χ0n) is 11.1. The number of rotatable bonds is 6. The van der Waals surface area contributed by atoms with Crippen LogP contribution < -0.4 is 11.1 Å². The normalized spacial score (nSPS) is 14.9. The molecule has 5 nitrogen and oxygen atoms in total. The Morgan fingerprint density at radius 3 is 2.26 bits per heavy atom. The van der Waals surface area contributed by atoms with Gasteiger partial charge in [0.25, 0.3) is 0 Å². The molecule has 1 unspecified atom stereocenters. The van der Waals surface area contributed by atoms with Gasteiger partial charge in [-0.25, -0.2) is 8.42 Å². The lowest BCUT2D eigenvalue weighted by molar-refractivity contribution is -0.122. The van der Waals surface area contributed by atoms with Crippen molar-refractivity contribution in [3.05, 3.63) is 24.3 Å². The average Bonchev–Trinajstić information content (AvgIpc) is 2.35. The molecule has 0 aliphatic heterocycles. The second kappa shape index (κ2) is 5.94. The number of thioether (sulfide) groups is 1. The van der Waals surface area contributed by atoms with Gasteiger partial charge in [0.15, 0.2) is 9.84 Å². The van der Waals surface area contributed by atoms with Gasteiger partial charge in [0.1, 0.15) is 5.54 Å². The predicted molar refractivity (Wildman–Crippen MR) is 76.9 cm³/mol. The molecule has 0 aromatic heterocycles. The Hall–Kier alpha value is -1.05. The lowest BCUT2D eigenvalue weighted by Gasteiger charge is -2.24. The van der Waals surface area contributed by atoms with Crippen LogP contribution in [0.4, 0.5) is 0 Å². The molecule has 7 heteroatoms. The monoisotopic (exact) mass is 302 g/mol. The van der Waals surface area contributed by atoms with E-state index < -0.39 is 21.3 Å². The Bertz CT molecular complexity index is 555. The van der Waals surface area contributed by atoms with Crippen LogP contribution in [-0.2, 0) is 14.6 Å². The lowest BCUT2D eigenvalue weighted by Crippen LogP contribution is -2.53. The lowest BCUT2D eigenvalue weighted by atomic mass is 10.1. The van der Waals surface area contributed by atoms with E-state index in [-0.39, 0.29) is 4.90 Å². The first-order valence-corrected chi connectivity index (χ1v) is 8.48. The molecule has 1 amide bonds. The quantitative estimate of drug-likeness (QED) is 0.753. The molecule has 0 saturated heterocycles. The molecule has 0 heterocycles. The minimum absolute atomic E-state index is 0.281. The fourth-order valence-electron chi connectivity index (χ4n) is 1.28. The summed E-state index contributed by atoms with van der Waals surface area (Å²) in [7, 11) is -1.50. The summed E-state index contributed by atoms with van der Waals surface area (Å²) in [6, 6.07) is 6.55. The number of benzene rings is 1. The maximum atomic E-state index is 11.3. The molecule has 0 aliphatic rings. The number of carbonyl (C=O) groups excluding carboxylic acids is 1. The number of primary amides is 1. The highest BCUT2D eigenvalue weighted by Crippen LogP contribution is 2.23. The Balaban J connectivity index is 2.77. The van der Waals surface area contributed by atoms with Crippen molar-refractivity contribution in [1.82, 2.24) is 5.32 Å². The Morgan fingerprint density at radius 1 is 1.37 bits per heavy atom. The molecule has 106 valence electrons. The van der Waals surface area contributed by atoms with Crippen LogP contribution in [-0.4, -0.2) is 38.9 Å². The van der Waals surface area contributed by atoms with Gasteiger partial charge in [-0.3, -0.25) is 4.79 Å². The molecule has 0 radical (unpaired) electrons. The molecule has 3 N–H and O–H groups in total. The van der Waals surface area contributed by atoms with Crippen LogP contribution in [0, 0.1) is 0 Å². The first kappa shape index (κ1) is 16.0. The number of amides is 1. The van der Waals surface area contributed by atoms with Crippen LogP contribution in [0.2, 0.25) is 0 Å². The van der Waals surface area contributed by atoms with Crippen LogP contribution in [0.1, 0.15) is 6.92 Å². The van der Waals surface area contributed by atoms with Crippen LogP contribution in [0.15, 0.2) is 34.1 Å². The topological polar surface area (TPSA) is 89.3 Å². The molecule has 19 heavy (non-hydrogen) atoms. The molecule has 1 aromatic rings. The molecule has 1 atom stereocenters. The molecule has 0 bridgehead atoms. The van der Waals surface area contributed by atoms with E-state index in [0.29, 0.717) is 5.75 Å². The molecule has 1 aromatic carbocycles. The van der Waals surface area contributed by atoms with Crippen molar-refractivity contribution in [3.63, 3.8) is 0 Å². The summed E-state index contributed by atoms with van der Waals surface area (Å²) in [5, 5.41) is 2.89.